The molecule has 0 aromatic carbocycles. The molecular formula is C13H17N5O. The quantitative estimate of drug-likeness (QED) is 0.898. The first-order chi connectivity index (χ1) is 9.15. The maximum Gasteiger partial charge on any atom is 0.272 e. The summed E-state index contributed by atoms with van der Waals surface area (Å²) in [4.78, 5) is 18.1. The minimum atomic E-state index is -0.0769. The third kappa shape index (κ3) is 2.73. The molecule has 1 amide bonds. The second-order valence-electron chi connectivity index (χ2n) is 4.09. The van der Waals surface area contributed by atoms with Crippen LogP contribution in [-0.2, 0) is 0 Å². The first-order valence-electron chi connectivity index (χ1n) is 6.21. The lowest BCUT2D eigenvalue weighted by Crippen LogP contribution is -2.31. The molecule has 0 aliphatic rings. The molecule has 100 valence electrons. The van der Waals surface area contributed by atoms with Crippen LogP contribution in [0.3, 0.4) is 0 Å². The van der Waals surface area contributed by atoms with Crippen molar-refractivity contribution in [3.63, 3.8) is 0 Å². The van der Waals surface area contributed by atoms with Crippen LogP contribution in [-0.4, -0.2) is 38.7 Å². The summed E-state index contributed by atoms with van der Waals surface area (Å²) >= 11 is 0. The predicted molar refractivity (Wildman–Crippen MR) is 73.0 cm³/mol. The minimum absolute atomic E-state index is 0.0769. The van der Waals surface area contributed by atoms with Gasteiger partial charge in [-0.15, -0.1) is 0 Å². The van der Waals surface area contributed by atoms with Gasteiger partial charge in [0.15, 0.2) is 0 Å². The summed E-state index contributed by atoms with van der Waals surface area (Å²) in [6.45, 7) is 5.21. The standard InChI is InChI=1S/C13H17N5O/c1-3-17(4-2)13(19)12-7-11(5-6-15-12)18-9-10(14)8-16-18/h5-9H,3-4,14H2,1-2H3. The van der Waals surface area contributed by atoms with Crippen molar-refractivity contribution in [2.75, 3.05) is 18.8 Å². The van der Waals surface area contributed by atoms with Crippen molar-refractivity contribution in [3.8, 4) is 5.69 Å². The van der Waals surface area contributed by atoms with Crippen LogP contribution in [0.1, 0.15) is 24.3 Å². The second kappa shape index (κ2) is 5.51. The molecule has 19 heavy (non-hydrogen) atoms. The summed E-state index contributed by atoms with van der Waals surface area (Å²) in [6.07, 6.45) is 4.86. The molecule has 0 bridgehead atoms. The lowest BCUT2D eigenvalue weighted by atomic mass is 10.3. The van der Waals surface area contributed by atoms with Gasteiger partial charge in [0.2, 0.25) is 0 Å². The van der Waals surface area contributed by atoms with Crippen molar-refractivity contribution >= 4 is 11.6 Å². The summed E-state index contributed by atoms with van der Waals surface area (Å²) in [6, 6.07) is 3.50. The Kier molecular flexibility index (Phi) is 3.79. The number of nitrogens with two attached hydrogens (primary N) is 1. The number of rotatable bonds is 4. The minimum Gasteiger partial charge on any atom is -0.396 e. The van der Waals surface area contributed by atoms with Crippen LogP contribution in [0.4, 0.5) is 5.69 Å². The Balaban J connectivity index is 2.31. The maximum atomic E-state index is 12.2. The highest BCUT2D eigenvalue weighted by Crippen LogP contribution is 2.11. The highest BCUT2D eigenvalue weighted by atomic mass is 16.2. The molecule has 6 heteroatoms. The first kappa shape index (κ1) is 13.1. The van der Waals surface area contributed by atoms with Crippen molar-refractivity contribution in [1.82, 2.24) is 19.7 Å². The number of aromatic nitrogens is 3. The topological polar surface area (TPSA) is 77.0 Å². The molecule has 2 heterocycles. The average molecular weight is 259 g/mol. The van der Waals surface area contributed by atoms with E-state index in [9.17, 15) is 4.79 Å². The number of hydrogen-bond acceptors (Lipinski definition) is 4. The Labute approximate surface area is 111 Å². The van der Waals surface area contributed by atoms with Crippen LogP contribution < -0.4 is 5.73 Å². The summed E-state index contributed by atoms with van der Waals surface area (Å²) in [7, 11) is 0. The number of carbonyl (C=O) groups excluding carboxylic acids is 1. The molecule has 2 N–H and O–H groups in total. The molecule has 0 aliphatic carbocycles. The molecular weight excluding hydrogens is 242 g/mol. The van der Waals surface area contributed by atoms with E-state index in [2.05, 4.69) is 10.1 Å². The molecule has 0 fully saturated rings. The first-order valence-corrected chi connectivity index (χ1v) is 6.21. The number of pyridine rings is 1. The Morgan fingerprint density at radius 2 is 2.16 bits per heavy atom. The van der Waals surface area contributed by atoms with Gasteiger partial charge in [-0.3, -0.25) is 9.78 Å². The second-order valence-corrected chi connectivity index (χ2v) is 4.09. The lowest BCUT2D eigenvalue weighted by molar-refractivity contribution is 0.0767. The van der Waals surface area contributed by atoms with Crippen LogP contribution in [0.5, 0.6) is 0 Å². The largest absolute Gasteiger partial charge is 0.396 e. The van der Waals surface area contributed by atoms with E-state index in [4.69, 9.17) is 5.73 Å². The van der Waals surface area contributed by atoms with Crippen LogP contribution >= 0.6 is 0 Å². The van der Waals surface area contributed by atoms with E-state index in [-0.39, 0.29) is 5.91 Å². The molecule has 0 aliphatic heterocycles. The zero-order valence-electron chi connectivity index (χ0n) is 11.1. The lowest BCUT2D eigenvalue weighted by Gasteiger charge is -2.18. The van der Waals surface area contributed by atoms with Crippen molar-refractivity contribution in [3.05, 3.63) is 36.4 Å². The molecule has 0 atom stereocenters. The Morgan fingerprint density at radius 1 is 1.42 bits per heavy atom. The Bertz CT molecular complexity index is 574. The number of hydrogen-bond donors (Lipinski definition) is 1. The van der Waals surface area contributed by atoms with Crippen LogP contribution in [0.15, 0.2) is 30.7 Å². The maximum absolute atomic E-state index is 12.2. The van der Waals surface area contributed by atoms with Crippen molar-refractivity contribution in [2.45, 2.75) is 13.8 Å². The van der Waals surface area contributed by atoms with Crippen LogP contribution in [0.2, 0.25) is 0 Å². The smallest absolute Gasteiger partial charge is 0.272 e. The third-order valence-corrected chi connectivity index (χ3v) is 2.88. The Morgan fingerprint density at radius 3 is 2.74 bits per heavy atom. The van der Waals surface area contributed by atoms with Crippen molar-refractivity contribution in [2.24, 2.45) is 0 Å². The number of carbonyl (C=O) groups is 1. The van der Waals surface area contributed by atoms with Gasteiger partial charge in [-0.2, -0.15) is 5.10 Å². The van der Waals surface area contributed by atoms with E-state index in [0.717, 1.165) is 5.69 Å². The van der Waals surface area contributed by atoms with Crippen LogP contribution in [0, 0.1) is 0 Å². The van der Waals surface area contributed by atoms with E-state index in [1.165, 1.54) is 0 Å². The fraction of sp³-hybridized carbons (Fsp3) is 0.308. The van der Waals surface area contributed by atoms with E-state index < -0.39 is 0 Å². The van der Waals surface area contributed by atoms with Gasteiger partial charge in [-0.1, -0.05) is 0 Å². The summed E-state index contributed by atoms with van der Waals surface area (Å²) < 4.78 is 1.62. The van der Waals surface area contributed by atoms with Crippen molar-refractivity contribution in [1.29, 1.82) is 0 Å². The normalized spacial score (nSPS) is 10.4. The third-order valence-electron chi connectivity index (χ3n) is 2.88. The number of amides is 1. The van der Waals surface area contributed by atoms with Gasteiger partial charge < -0.3 is 10.6 Å². The van der Waals surface area contributed by atoms with E-state index in [1.54, 1.807) is 40.3 Å². The molecule has 2 aromatic rings. The molecule has 0 saturated heterocycles. The van der Waals surface area contributed by atoms with E-state index >= 15 is 0 Å². The average Bonchev–Trinajstić information content (AvgIpc) is 2.87. The monoisotopic (exact) mass is 259 g/mol. The molecule has 2 aromatic heterocycles. The number of nitrogen functional groups attached to an aromatic ring is 1. The van der Waals surface area contributed by atoms with E-state index in [1.807, 2.05) is 13.8 Å². The van der Waals surface area contributed by atoms with Gasteiger partial charge in [0.25, 0.3) is 5.91 Å². The number of anilines is 1. The van der Waals surface area contributed by atoms with Gasteiger partial charge in [0, 0.05) is 19.3 Å². The Hall–Kier alpha value is -2.37. The molecule has 0 unspecified atom stereocenters. The summed E-state index contributed by atoms with van der Waals surface area (Å²) in [5, 5.41) is 4.11. The molecule has 0 saturated carbocycles. The van der Waals surface area contributed by atoms with Gasteiger partial charge in [-0.25, -0.2) is 4.68 Å². The highest BCUT2D eigenvalue weighted by Gasteiger charge is 2.14. The fourth-order valence-corrected chi connectivity index (χ4v) is 1.83. The SMILES string of the molecule is CCN(CC)C(=O)c1cc(-n2cc(N)cn2)ccn1. The van der Waals surface area contributed by atoms with Gasteiger partial charge in [0.1, 0.15) is 5.69 Å². The molecule has 0 spiro atoms. The van der Waals surface area contributed by atoms with Crippen molar-refractivity contribution < 1.29 is 4.79 Å². The summed E-state index contributed by atoms with van der Waals surface area (Å²) in [5.74, 6) is -0.0769. The number of nitrogens with zero attached hydrogens (tertiary/aromatic N) is 4. The van der Waals surface area contributed by atoms with Gasteiger partial charge >= 0.3 is 0 Å². The van der Waals surface area contributed by atoms with Gasteiger partial charge in [-0.05, 0) is 26.0 Å². The van der Waals surface area contributed by atoms with E-state index in [0.29, 0.717) is 24.5 Å². The summed E-state index contributed by atoms with van der Waals surface area (Å²) in [5.41, 5.74) is 7.39. The van der Waals surface area contributed by atoms with Gasteiger partial charge in [0.05, 0.1) is 23.8 Å². The fourth-order valence-electron chi connectivity index (χ4n) is 1.83. The molecule has 6 nitrogen and oxygen atoms in total. The molecule has 2 rings (SSSR count). The van der Waals surface area contributed by atoms with Crippen LogP contribution in [0.25, 0.3) is 5.69 Å². The molecule has 0 radical (unpaired) electrons. The predicted octanol–water partition coefficient (Wildman–Crippen LogP) is 1.33. The highest BCUT2D eigenvalue weighted by molar-refractivity contribution is 5.92. The zero-order valence-corrected chi connectivity index (χ0v) is 11.1. The zero-order chi connectivity index (χ0) is 13.8.